The first-order chi connectivity index (χ1) is 9.51. The van der Waals surface area contributed by atoms with E-state index in [0.29, 0.717) is 19.0 Å². The van der Waals surface area contributed by atoms with Gasteiger partial charge < -0.3 is 10.0 Å². The van der Waals surface area contributed by atoms with Gasteiger partial charge >= 0.3 is 6.09 Å². The van der Waals surface area contributed by atoms with Crippen LogP contribution in [0.4, 0.5) is 9.18 Å². The maximum atomic E-state index is 13.5. The number of piperidine rings is 1. The standard InChI is InChI=1S/C15H15BrFNO2/c16-13-4-12(5-14(17)6-13)11-2-9-1-10(3-11)8-18(7-9)15(19)20/h2,4-6,9-10H,1,3,7-8H2,(H,19,20). The molecule has 1 aromatic rings. The Morgan fingerprint density at radius 2 is 2.15 bits per heavy atom. The molecule has 1 heterocycles. The summed E-state index contributed by atoms with van der Waals surface area (Å²) in [5.41, 5.74) is 2.03. The highest BCUT2D eigenvalue weighted by Crippen LogP contribution is 2.38. The number of carbonyl (C=O) groups is 1. The lowest BCUT2D eigenvalue weighted by Crippen LogP contribution is -2.44. The van der Waals surface area contributed by atoms with Crippen molar-refractivity contribution in [2.24, 2.45) is 11.8 Å². The minimum atomic E-state index is -0.843. The first-order valence-electron chi connectivity index (χ1n) is 6.66. The number of halogens is 2. The van der Waals surface area contributed by atoms with Gasteiger partial charge in [0, 0.05) is 17.6 Å². The van der Waals surface area contributed by atoms with Crippen LogP contribution >= 0.6 is 15.9 Å². The van der Waals surface area contributed by atoms with Gasteiger partial charge in [-0.2, -0.15) is 0 Å². The summed E-state index contributed by atoms with van der Waals surface area (Å²) in [6.07, 6.45) is 3.12. The molecule has 1 fully saturated rings. The fraction of sp³-hybridized carbons (Fsp3) is 0.400. The van der Waals surface area contributed by atoms with Crippen LogP contribution in [0, 0.1) is 17.7 Å². The number of benzene rings is 1. The van der Waals surface area contributed by atoms with Crippen LogP contribution in [0.5, 0.6) is 0 Å². The predicted molar refractivity (Wildman–Crippen MR) is 77.9 cm³/mol. The van der Waals surface area contributed by atoms with Crippen LogP contribution in [-0.2, 0) is 0 Å². The van der Waals surface area contributed by atoms with E-state index in [-0.39, 0.29) is 11.7 Å². The van der Waals surface area contributed by atoms with Crippen LogP contribution in [0.15, 0.2) is 28.7 Å². The molecule has 1 saturated heterocycles. The maximum Gasteiger partial charge on any atom is 0.407 e. The van der Waals surface area contributed by atoms with Gasteiger partial charge in [-0.05, 0) is 54.0 Å². The molecule has 3 rings (SSSR count). The first kappa shape index (κ1) is 13.6. The van der Waals surface area contributed by atoms with Crippen LogP contribution in [0.25, 0.3) is 5.57 Å². The van der Waals surface area contributed by atoms with Crippen molar-refractivity contribution in [1.29, 1.82) is 0 Å². The van der Waals surface area contributed by atoms with Gasteiger partial charge in [-0.15, -0.1) is 0 Å². The van der Waals surface area contributed by atoms with Crippen molar-refractivity contribution in [3.8, 4) is 0 Å². The number of fused-ring (bicyclic) bond motifs is 2. The number of amides is 1. The van der Waals surface area contributed by atoms with Crippen LogP contribution < -0.4 is 0 Å². The Bertz CT molecular complexity index is 567. The molecule has 2 aliphatic rings. The van der Waals surface area contributed by atoms with Crippen molar-refractivity contribution < 1.29 is 14.3 Å². The number of carboxylic acid groups (broad SMARTS) is 1. The largest absolute Gasteiger partial charge is 0.465 e. The summed E-state index contributed by atoms with van der Waals surface area (Å²) in [6, 6.07) is 4.91. The van der Waals surface area contributed by atoms with E-state index in [2.05, 4.69) is 22.0 Å². The zero-order valence-electron chi connectivity index (χ0n) is 10.9. The Balaban J connectivity index is 1.88. The van der Waals surface area contributed by atoms with E-state index in [1.54, 1.807) is 6.07 Å². The normalized spacial score (nSPS) is 25.3. The summed E-state index contributed by atoms with van der Waals surface area (Å²) in [5.74, 6) is 0.334. The second-order valence-corrected chi connectivity index (χ2v) is 6.52. The number of rotatable bonds is 1. The monoisotopic (exact) mass is 339 g/mol. The Morgan fingerprint density at radius 3 is 2.80 bits per heavy atom. The molecule has 1 N–H and O–H groups in total. The summed E-state index contributed by atoms with van der Waals surface area (Å²) < 4.78 is 14.2. The van der Waals surface area contributed by atoms with Crippen LogP contribution in [0.2, 0.25) is 0 Å². The number of hydrogen-bond acceptors (Lipinski definition) is 1. The predicted octanol–water partition coefficient (Wildman–Crippen LogP) is 3.99. The average molecular weight is 340 g/mol. The third kappa shape index (κ3) is 2.73. The van der Waals surface area contributed by atoms with Crippen molar-refractivity contribution in [2.75, 3.05) is 13.1 Å². The van der Waals surface area contributed by atoms with Crippen molar-refractivity contribution >= 4 is 27.6 Å². The smallest absolute Gasteiger partial charge is 0.407 e. The highest BCUT2D eigenvalue weighted by molar-refractivity contribution is 9.10. The summed E-state index contributed by atoms with van der Waals surface area (Å²) in [7, 11) is 0. The zero-order chi connectivity index (χ0) is 14.3. The topological polar surface area (TPSA) is 40.5 Å². The molecule has 20 heavy (non-hydrogen) atoms. The highest BCUT2D eigenvalue weighted by Gasteiger charge is 2.33. The Labute approximate surface area is 125 Å². The van der Waals surface area contributed by atoms with Gasteiger partial charge in [0.1, 0.15) is 5.82 Å². The van der Waals surface area contributed by atoms with Gasteiger partial charge in [-0.3, -0.25) is 0 Å². The molecule has 0 spiro atoms. The molecule has 3 nitrogen and oxygen atoms in total. The highest BCUT2D eigenvalue weighted by atomic mass is 79.9. The maximum absolute atomic E-state index is 13.5. The van der Waals surface area contributed by atoms with E-state index in [9.17, 15) is 9.18 Å². The summed E-state index contributed by atoms with van der Waals surface area (Å²) in [5, 5.41) is 9.10. The first-order valence-corrected chi connectivity index (χ1v) is 7.45. The van der Waals surface area contributed by atoms with Crippen molar-refractivity contribution in [3.05, 3.63) is 40.1 Å². The van der Waals surface area contributed by atoms with E-state index in [4.69, 9.17) is 5.11 Å². The van der Waals surface area contributed by atoms with Crippen LogP contribution in [0.1, 0.15) is 18.4 Å². The van der Waals surface area contributed by atoms with Gasteiger partial charge in [0.05, 0.1) is 0 Å². The number of likely N-dealkylation sites (tertiary alicyclic amines) is 1. The number of allylic oxidation sites excluding steroid dienone is 1. The third-order valence-corrected chi connectivity index (χ3v) is 4.48. The molecule has 2 unspecified atom stereocenters. The van der Waals surface area contributed by atoms with Gasteiger partial charge in [-0.1, -0.05) is 22.0 Å². The van der Waals surface area contributed by atoms with E-state index >= 15 is 0 Å². The van der Waals surface area contributed by atoms with Gasteiger partial charge in [-0.25, -0.2) is 9.18 Å². The molecule has 0 radical (unpaired) electrons. The van der Waals surface area contributed by atoms with Crippen LogP contribution in [0.3, 0.4) is 0 Å². The average Bonchev–Trinajstić information content (AvgIpc) is 2.36. The molecule has 2 bridgehead atoms. The minimum Gasteiger partial charge on any atom is -0.465 e. The summed E-state index contributed by atoms with van der Waals surface area (Å²) >= 11 is 3.32. The minimum absolute atomic E-state index is 0.246. The van der Waals surface area contributed by atoms with E-state index < -0.39 is 6.09 Å². The van der Waals surface area contributed by atoms with Crippen molar-refractivity contribution in [2.45, 2.75) is 12.8 Å². The van der Waals surface area contributed by atoms with E-state index in [0.717, 1.165) is 28.5 Å². The van der Waals surface area contributed by atoms with Gasteiger partial charge in [0.15, 0.2) is 0 Å². The van der Waals surface area contributed by atoms with E-state index in [1.807, 2.05) is 6.07 Å². The summed E-state index contributed by atoms with van der Waals surface area (Å²) in [4.78, 5) is 12.6. The Morgan fingerprint density at radius 1 is 1.35 bits per heavy atom. The van der Waals surface area contributed by atoms with Crippen molar-refractivity contribution in [3.63, 3.8) is 0 Å². The lowest BCUT2D eigenvalue weighted by Gasteiger charge is -2.39. The van der Waals surface area contributed by atoms with Crippen molar-refractivity contribution in [1.82, 2.24) is 4.90 Å². The second kappa shape index (κ2) is 5.20. The SMILES string of the molecule is O=C(O)N1CC2C=C(c3cc(F)cc(Br)c3)CC(C2)C1. The molecule has 0 saturated carbocycles. The second-order valence-electron chi connectivity index (χ2n) is 5.60. The fourth-order valence-electron chi connectivity index (χ4n) is 3.29. The zero-order valence-corrected chi connectivity index (χ0v) is 12.4. The molecule has 106 valence electrons. The molecule has 1 aliphatic heterocycles. The third-order valence-electron chi connectivity index (χ3n) is 4.02. The fourth-order valence-corrected chi connectivity index (χ4v) is 3.75. The molecular weight excluding hydrogens is 325 g/mol. The van der Waals surface area contributed by atoms with Crippen LogP contribution in [-0.4, -0.2) is 29.2 Å². The van der Waals surface area contributed by atoms with E-state index in [1.165, 1.54) is 11.0 Å². The molecule has 1 amide bonds. The van der Waals surface area contributed by atoms with Gasteiger partial charge in [0.25, 0.3) is 0 Å². The Hall–Kier alpha value is -1.36. The number of hydrogen-bond donors (Lipinski definition) is 1. The molecule has 5 heteroatoms. The van der Waals surface area contributed by atoms with Gasteiger partial charge in [0.2, 0.25) is 0 Å². The molecule has 1 aliphatic carbocycles. The number of nitrogens with zero attached hydrogens (tertiary/aromatic N) is 1. The molecule has 0 aromatic heterocycles. The molecule has 2 atom stereocenters. The molecule has 1 aromatic carbocycles. The lowest BCUT2D eigenvalue weighted by molar-refractivity contribution is 0.106. The summed E-state index contributed by atoms with van der Waals surface area (Å²) in [6.45, 7) is 1.13. The Kier molecular flexibility index (Phi) is 3.54. The molecular formula is C15H15BrFNO2. The quantitative estimate of drug-likeness (QED) is 0.840. The lowest BCUT2D eigenvalue weighted by atomic mass is 9.77.